The summed E-state index contributed by atoms with van der Waals surface area (Å²) in [7, 11) is 0. The van der Waals surface area contributed by atoms with E-state index in [1.54, 1.807) is 0 Å². The van der Waals surface area contributed by atoms with Crippen LogP contribution in [0.2, 0.25) is 0 Å². The number of aromatic nitrogens is 2. The maximum absolute atomic E-state index is 5.81. The summed E-state index contributed by atoms with van der Waals surface area (Å²) in [6, 6.07) is 5.27. The van der Waals surface area contributed by atoms with Gasteiger partial charge in [0.05, 0.1) is 11.0 Å². The molecule has 4 heteroatoms. The number of hydrogen-bond donors (Lipinski definition) is 2. The van der Waals surface area contributed by atoms with Gasteiger partial charge in [-0.05, 0) is 60.9 Å². The Morgan fingerprint density at radius 3 is 2.92 bits per heavy atom. The van der Waals surface area contributed by atoms with Crippen LogP contribution in [-0.2, 0) is 16.6 Å². The topological polar surface area (TPSA) is 49.9 Å². The lowest BCUT2D eigenvalue weighted by Crippen LogP contribution is -2.62. The van der Waals surface area contributed by atoms with Gasteiger partial charge in [-0.25, -0.2) is 4.98 Å². The number of hydrogen-bond acceptors (Lipinski definition) is 3. The van der Waals surface area contributed by atoms with Crippen molar-refractivity contribution in [2.45, 2.75) is 64.0 Å². The minimum atomic E-state index is 0.155. The molecule has 2 aliphatic heterocycles. The fourth-order valence-corrected chi connectivity index (χ4v) is 5.24. The Kier molecular flexibility index (Phi) is 3.00. The summed E-state index contributed by atoms with van der Waals surface area (Å²) in [5.74, 6) is 1.01. The van der Waals surface area contributed by atoms with Crippen molar-refractivity contribution >= 4 is 11.0 Å². The number of rotatable bonds is 1. The van der Waals surface area contributed by atoms with Crippen LogP contribution in [0, 0.1) is 5.41 Å². The number of benzene rings is 1. The van der Waals surface area contributed by atoms with E-state index in [1.807, 2.05) is 0 Å². The van der Waals surface area contributed by atoms with Crippen LogP contribution in [0.1, 0.15) is 63.1 Å². The molecule has 3 atom stereocenters. The molecule has 2 bridgehead atoms. The number of H-pyrrole nitrogens is 1. The second kappa shape index (κ2) is 4.83. The van der Waals surface area contributed by atoms with Crippen LogP contribution in [-0.4, -0.2) is 29.2 Å². The van der Waals surface area contributed by atoms with E-state index in [4.69, 9.17) is 9.72 Å². The van der Waals surface area contributed by atoms with Crippen molar-refractivity contribution in [2.75, 3.05) is 13.2 Å². The Morgan fingerprint density at radius 2 is 2.12 bits per heavy atom. The lowest BCUT2D eigenvalue weighted by Gasteiger charge is -2.57. The molecule has 2 N–H and O–H groups in total. The molecule has 5 rings (SSSR count). The van der Waals surface area contributed by atoms with E-state index < -0.39 is 0 Å². The molecule has 24 heavy (non-hydrogen) atoms. The van der Waals surface area contributed by atoms with E-state index in [9.17, 15) is 0 Å². The largest absolute Gasteiger partial charge is 0.370 e. The first kappa shape index (κ1) is 14.9. The Balaban J connectivity index is 1.66. The van der Waals surface area contributed by atoms with Crippen molar-refractivity contribution in [1.29, 1.82) is 0 Å². The summed E-state index contributed by atoms with van der Waals surface area (Å²) in [4.78, 5) is 8.41. The summed E-state index contributed by atoms with van der Waals surface area (Å²) in [5.41, 5.74) is 5.77. The highest BCUT2D eigenvalue weighted by molar-refractivity contribution is 5.78. The number of piperidine rings is 1. The van der Waals surface area contributed by atoms with Gasteiger partial charge in [-0.1, -0.05) is 20.8 Å². The first-order chi connectivity index (χ1) is 11.5. The summed E-state index contributed by atoms with van der Waals surface area (Å²) in [5, 5.41) is 3.76. The fraction of sp³-hybridized carbons (Fsp3) is 0.650. The van der Waals surface area contributed by atoms with Crippen LogP contribution in [0.3, 0.4) is 0 Å². The minimum absolute atomic E-state index is 0.155. The molecule has 4 nitrogen and oxygen atoms in total. The number of aromatic amines is 1. The zero-order chi connectivity index (χ0) is 16.5. The average molecular weight is 325 g/mol. The van der Waals surface area contributed by atoms with Crippen LogP contribution in [0.15, 0.2) is 12.1 Å². The normalized spacial score (nSPS) is 34.5. The van der Waals surface area contributed by atoms with Crippen LogP contribution < -0.4 is 5.32 Å². The second-order valence-electron chi connectivity index (χ2n) is 8.66. The molecule has 0 spiro atoms. The zero-order valence-corrected chi connectivity index (χ0v) is 14.9. The Labute approximate surface area is 143 Å². The maximum Gasteiger partial charge on any atom is 0.136 e. The molecule has 0 amide bonds. The summed E-state index contributed by atoms with van der Waals surface area (Å²) >= 11 is 0. The highest BCUT2D eigenvalue weighted by atomic mass is 16.5. The van der Waals surface area contributed by atoms with Gasteiger partial charge in [-0.2, -0.15) is 0 Å². The van der Waals surface area contributed by atoms with Gasteiger partial charge in [-0.15, -0.1) is 0 Å². The van der Waals surface area contributed by atoms with Gasteiger partial charge in [-0.3, -0.25) is 0 Å². The van der Waals surface area contributed by atoms with E-state index in [-0.39, 0.29) is 16.9 Å². The van der Waals surface area contributed by atoms with Gasteiger partial charge < -0.3 is 15.0 Å². The summed E-state index contributed by atoms with van der Waals surface area (Å²) < 4.78 is 5.81. The molecule has 1 unspecified atom stereocenters. The van der Waals surface area contributed by atoms with Crippen molar-refractivity contribution in [1.82, 2.24) is 15.3 Å². The second-order valence-corrected chi connectivity index (χ2v) is 8.66. The number of nitrogens with zero attached hydrogens (tertiary/aromatic N) is 1. The van der Waals surface area contributed by atoms with E-state index >= 15 is 0 Å². The molecular weight excluding hydrogens is 298 g/mol. The molecule has 128 valence electrons. The van der Waals surface area contributed by atoms with Gasteiger partial charge in [0.2, 0.25) is 0 Å². The third-order valence-electron chi connectivity index (χ3n) is 7.29. The van der Waals surface area contributed by atoms with Crippen molar-refractivity contribution in [2.24, 2.45) is 5.41 Å². The lowest BCUT2D eigenvalue weighted by atomic mass is 9.51. The molecule has 1 aliphatic carbocycles. The predicted molar refractivity (Wildman–Crippen MR) is 95.3 cm³/mol. The highest BCUT2D eigenvalue weighted by Crippen LogP contribution is 2.54. The number of ether oxygens (including phenoxy) is 1. The Morgan fingerprint density at radius 1 is 1.25 bits per heavy atom. The van der Waals surface area contributed by atoms with Crippen molar-refractivity contribution in [3.8, 4) is 0 Å². The van der Waals surface area contributed by atoms with Crippen molar-refractivity contribution < 1.29 is 4.74 Å². The standard InChI is InChI=1S/C20H27N3O/c1-19(2)17-10-12-9-14-15(11-13(12)20(19,3)6-7-21-17)23-18(22-14)16-5-4-8-24-16/h9,11,16-17,21H,4-8,10H2,1-3H3,(H,22,23)/t16?,17-,20+/m1/s1. The van der Waals surface area contributed by atoms with E-state index in [2.05, 4.69) is 43.2 Å². The van der Waals surface area contributed by atoms with E-state index in [0.717, 1.165) is 43.8 Å². The van der Waals surface area contributed by atoms with Gasteiger partial charge >= 0.3 is 0 Å². The maximum atomic E-state index is 5.81. The van der Waals surface area contributed by atoms with Gasteiger partial charge in [0.15, 0.2) is 0 Å². The summed E-state index contributed by atoms with van der Waals surface area (Å²) in [6.45, 7) is 9.30. The van der Waals surface area contributed by atoms with Crippen LogP contribution >= 0.6 is 0 Å². The molecule has 2 saturated heterocycles. The quantitative estimate of drug-likeness (QED) is 0.842. The molecular formula is C20H27N3O. The Hall–Kier alpha value is -1.39. The molecule has 2 fully saturated rings. The van der Waals surface area contributed by atoms with Crippen molar-refractivity contribution in [3.05, 3.63) is 29.1 Å². The molecule has 2 aromatic rings. The van der Waals surface area contributed by atoms with Crippen LogP contribution in [0.4, 0.5) is 0 Å². The van der Waals surface area contributed by atoms with Gasteiger partial charge in [0.1, 0.15) is 11.9 Å². The fourth-order valence-electron chi connectivity index (χ4n) is 5.24. The predicted octanol–water partition coefficient (Wildman–Crippen LogP) is 3.62. The Bertz CT molecular complexity index is 803. The summed E-state index contributed by atoms with van der Waals surface area (Å²) in [6.07, 6.45) is 4.67. The molecule has 3 aliphatic rings. The minimum Gasteiger partial charge on any atom is -0.370 e. The average Bonchev–Trinajstić information content (AvgIpc) is 3.18. The van der Waals surface area contributed by atoms with Crippen LogP contribution in [0.25, 0.3) is 11.0 Å². The molecule has 1 aromatic heterocycles. The monoisotopic (exact) mass is 325 g/mol. The number of fused-ring (bicyclic) bond motifs is 5. The third kappa shape index (κ3) is 1.84. The molecule has 0 saturated carbocycles. The SMILES string of the molecule is CC1(C)[C@H]2Cc3cc4nc(C5CCCO5)[nH]c4cc3[C@]1(C)CCN2. The molecule has 3 heterocycles. The van der Waals surface area contributed by atoms with Gasteiger partial charge in [0, 0.05) is 18.1 Å². The smallest absolute Gasteiger partial charge is 0.136 e. The molecule has 0 radical (unpaired) electrons. The number of imidazole rings is 1. The highest BCUT2D eigenvalue weighted by Gasteiger charge is 2.53. The zero-order valence-electron chi connectivity index (χ0n) is 14.9. The number of nitrogens with one attached hydrogen (secondary N) is 2. The van der Waals surface area contributed by atoms with Crippen molar-refractivity contribution in [3.63, 3.8) is 0 Å². The van der Waals surface area contributed by atoms with Crippen LogP contribution in [0.5, 0.6) is 0 Å². The third-order valence-corrected chi connectivity index (χ3v) is 7.29. The van der Waals surface area contributed by atoms with Gasteiger partial charge in [0.25, 0.3) is 0 Å². The first-order valence-corrected chi connectivity index (χ1v) is 9.37. The lowest BCUT2D eigenvalue weighted by molar-refractivity contribution is 0.0561. The molecule has 1 aromatic carbocycles. The first-order valence-electron chi connectivity index (χ1n) is 9.37. The van der Waals surface area contributed by atoms with E-state index in [0.29, 0.717) is 6.04 Å². The van der Waals surface area contributed by atoms with E-state index in [1.165, 1.54) is 23.1 Å².